The van der Waals surface area contributed by atoms with E-state index in [-0.39, 0.29) is 0 Å². The maximum atomic E-state index is 2.64. The largest absolute Gasteiger partial charge is 0.0620 e. The van der Waals surface area contributed by atoms with Gasteiger partial charge in [-0.05, 0) is 59.7 Å². The first-order chi connectivity index (χ1) is 7.02. The van der Waals surface area contributed by atoms with Gasteiger partial charge in [-0.2, -0.15) is 0 Å². The molecule has 84 valence electrons. The Balaban J connectivity index is 1.81. The van der Waals surface area contributed by atoms with E-state index in [0.29, 0.717) is 0 Å². The minimum atomic E-state index is 0.725. The normalized spacial score (nSPS) is 70.2. The fourth-order valence-electron chi connectivity index (χ4n) is 6.37. The second-order valence-corrected chi connectivity index (χ2v) is 7.79. The van der Waals surface area contributed by atoms with Gasteiger partial charge in [-0.25, -0.2) is 0 Å². The molecular formula is C15H24. The molecule has 6 atom stereocenters. The minimum Gasteiger partial charge on any atom is -0.0620 e. The number of hydrogen-bond acceptors (Lipinski definition) is 0. The maximum Gasteiger partial charge on any atom is -0.0233 e. The Labute approximate surface area is 93.8 Å². The Bertz CT molecular complexity index is 333. The van der Waals surface area contributed by atoms with E-state index in [9.17, 15) is 0 Å². The second-order valence-electron chi connectivity index (χ2n) is 7.79. The van der Waals surface area contributed by atoms with Crippen LogP contribution in [0.4, 0.5) is 0 Å². The maximum absolute atomic E-state index is 2.64. The van der Waals surface area contributed by atoms with Crippen LogP contribution in [0.15, 0.2) is 0 Å². The van der Waals surface area contributed by atoms with E-state index in [2.05, 4.69) is 20.8 Å². The predicted molar refractivity (Wildman–Crippen MR) is 62.5 cm³/mol. The molecule has 5 fully saturated rings. The number of hydrogen-bond donors (Lipinski definition) is 0. The zero-order valence-corrected chi connectivity index (χ0v) is 10.5. The zero-order valence-electron chi connectivity index (χ0n) is 10.5. The molecule has 0 aliphatic heterocycles. The van der Waals surface area contributed by atoms with Gasteiger partial charge in [0.15, 0.2) is 0 Å². The SMILES string of the molecule is C[C@@H]1CCC[C@]23CC4C(C[C@@]12C)[C@]4(C)C3. The Morgan fingerprint density at radius 3 is 2.47 bits per heavy atom. The third-order valence-corrected chi connectivity index (χ3v) is 7.64. The summed E-state index contributed by atoms with van der Waals surface area (Å²) in [7, 11) is 0. The lowest BCUT2D eigenvalue weighted by Crippen LogP contribution is -2.51. The lowest BCUT2D eigenvalue weighted by atomic mass is 9.45. The van der Waals surface area contributed by atoms with Crippen LogP contribution >= 0.6 is 0 Å². The van der Waals surface area contributed by atoms with Gasteiger partial charge < -0.3 is 0 Å². The Hall–Kier alpha value is 0. The van der Waals surface area contributed by atoms with E-state index < -0.39 is 0 Å². The average molecular weight is 204 g/mol. The highest BCUT2D eigenvalue weighted by Crippen LogP contribution is 2.86. The third kappa shape index (κ3) is 0.746. The first-order valence-corrected chi connectivity index (χ1v) is 7.02. The number of rotatable bonds is 0. The van der Waals surface area contributed by atoms with E-state index in [0.717, 1.165) is 34.0 Å². The van der Waals surface area contributed by atoms with Crippen LogP contribution in [0.5, 0.6) is 0 Å². The van der Waals surface area contributed by atoms with Crippen LogP contribution < -0.4 is 0 Å². The van der Waals surface area contributed by atoms with E-state index in [1.165, 1.54) is 12.8 Å². The molecule has 5 saturated carbocycles. The van der Waals surface area contributed by atoms with Crippen molar-refractivity contribution in [2.45, 2.75) is 59.3 Å². The molecule has 0 aromatic carbocycles. The highest BCUT2D eigenvalue weighted by atomic mass is 14.8. The molecule has 0 aromatic rings. The van der Waals surface area contributed by atoms with E-state index in [1.807, 2.05) is 0 Å². The summed E-state index contributed by atoms with van der Waals surface area (Å²) in [6, 6.07) is 0. The van der Waals surface area contributed by atoms with Gasteiger partial charge in [0.1, 0.15) is 0 Å². The Morgan fingerprint density at radius 2 is 1.80 bits per heavy atom. The molecular weight excluding hydrogens is 180 g/mol. The summed E-state index contributed by atoms with van der Waals surface area (Å²) in [4.78, 5) is 0. The second kappa shape index (κ2) is 2.17. The summed E-state index contributed by atoms with van der Waals surface area (Å²) >= 11 is 0. The van der Waals surface area contributed by atoms with E-state index in [4.69, 9.17) is 0 Å². The Kier molecular flexibility index (Phi) is 1.31. The van der Waals surface area contributed by atoms with Crippen molar-refractivity contribution in [2.24, 2.45) is 34.0 Å². The predicted octanol–water partition coefficient (Wildman–Crippen LogP) is 4.25. The van der Waals surface area contributed by atoms with Crippen LogP contribution in [0.2, 0.25) is 0 Å². The van der Waals surface area contributed by atoms with Crippen LogP contribution in [0.1, 0.15) is 59.3 Å². The topological polar surface area (TPSA) is 0 Å². The Morgan fingerprint density at radius 1 is 1.07 bits per heavy atom. The standard InChI is InChI=1S/C15H24/c1-10-5-4-6-15-8-12-11(7-14(10,15)3)13(12,2)9-15/h10-12H,4-9H2,1-3H3/t10-,11?,12?,13+,14+,15-/m1/s1. The first-order valence-electron chi connectivity index (χ1n) is 7.02. The van der Waals surface area contributed by atoms with Crippen molar-refractivity contribution in [3.63, 3.8) is 0 Å². The van der Waals surface area contributed by atoms with Gasteiger partial charge >= 0.3 is 0 Å². The average Bonchev–Trinajstić information content (AvgIpc) is 2.60. The minimum absolute atomic E-state index is 0.725. The lowest BCUT2D eigenvalue weighted by Gasteiger charge is -2.60. The molecule has 0 saturated heterocycles. The summed E-state index contributed by atoms with van der Waals surface area (Å²) in [6.07, 6.45) is 9.36. The van der Waals surface area contributed by atoms with Crippen LogP contribution in [-0.4, -0.2) is 0 Å². The molecule has 2 unspecified atom stereocenters. The highest BCUT2D eigenvalue weighted by Gasteiger charge is 2.78. The quantitative estimate of drug-likeness (QED) is 0.553. The molecule has 5 aliphatic carbocycles. The van der Waals surface area contributed by atoms with Crippen LogP contribution in [-0.2, 0) is 0 Å². The molecule has 5 aliphatic rings. The van der Waals surface area contributed by atoms with Crippen molar-refractivity contribution < 1.29 is 0 Å². The van der Waals surface area contributed by atoms with Crippen LogP contribution in [0.25, 0.3) is 0 Å². The third-order valence-electron chi connectivity index (χ3n) is 7.64. The van der Waals surface area contributed by atoms with Gasteiger partial charge in [-0.3, -0.25) is 0 Å². The molecule has 0 N–H and O–H groups in total. The summed E-state index contributed by atoms with van der Waals surface area (Å²) in [5.41, 5.74) is 2.33. The molecule has 5 rings (SSSR count). The fraction of sp³-hybridized carbons (Fsp3) is 1.00. The van der Waals surface area contributed by atoms with Crippen molar-refractivity contribution in [1.82, 2.24) is 0 Å². The summed E-state index contributed by atoms with van der Waals surface area (Å²) < 4.78 is 0. The van der Waals surface area contributed by atoms with E-state index in [1.54, 1.807) is 25.7 Å². The molecule has 0 radical (unpaired) electrons. The molecule has 0 nitrogen and oxygen atoms in total. The van der Waals surface area contributed by atoms with Gasteiger partial charge in [0, 0.05) is 0 Å². The molecule has 4 bridgehead atoms. The summed E-state index contributed by atoms with van der Waals surface area (Å²) in [5.74, 6) is 3.28. The van der Waals surface area contributed by atoms with Gasteiger partial charge in [-0.15, -0.1) is 0 Å². The van der Waals surface area contributed by atoms with Gasteiger partial charge in [0.2, 0.25) is 0 Å². The van der Waals surface area contributed by atoms with Crippen molar-refractivity contribution in [2.75, 3.05) is 0 Å². The molecule has 0 heterocycles. The monoisotopic (exact) mass is 204 g/mol. The molecule has 0 amide bonds. The van der Waals surface area contributed by atoms with Crippen molar-refractivity contribution >= 4 is 0 Å². The van der Waals surface area contributed by atoms with Crippen LogP contribution in [0.3, 0.4) is 0 Å². The van der Waals surface area contributed by atoms with E-state index >= 15 is 0 Å². The smallest absolute Gasteiger partial charge is 0.0233 e. The van der Waals surface area contributed by atoms with Gasteiger partial charge in [-0.1, -0.05) is 33.6 Å². The van der Waals surface area contributed by atoms with Crippen molar-refractivity contribution in [1.29, 1.82) is 0 Å². The van der Waals surface area contributed by atoms with Crippen LogP contribution in [0, 0.1) is 34.0 Å². The first kappa shape index (κ1) is 9.07. The summed E-state index contributed by atoms with van der Waals surface area (Å²) in [5, 5.41) is 0. The molecule has 0 aromatic heterocycles. The van der Waals surface area contributed by atoms with Gasteiger partial charge in [0.25, 0.3) is 0 Å². The van der Waals surface area contributed by atoms with Gasteiger partial charge in [0.05, 0.1) is 0 Å². The molecule has 1 spiro atoms. The highest BCUT2D eigenvalue weighted by molar-refractivity contribution is 5.27. The van der Waals surface area contributed by atoms with Crippen molar-refractivity contribution in [3.05, 3.63) is 0 Å². The lowest BCUT2D eigenvalue weighted by molar-refractivity contribution is -0.102. The molecule has 15 heavy (non-hydrogen) atoms. The van der Waals surface area contributed by atoms with Crippen molar-refractivity contribution in [3.8, 4) is 0 Å². The summed E-state index contributed by atoms with van der Waals surface area (Å²) in [6.45, 7) is 7.78. The molecule has 0 heteroatoms. The zero-order chi connectivity index (χ0) is 10.5. The fourth-order valence-corrected chi connectivity index (χ4v) is 6.37.